The van der Waals surface area contributed by atoms with E-state index in [2.05, 4.69) is 24.4 Å². The van der Waals surface area contributed by atoms with Crippen molar-refractivity contribution in [1.29, 1.82) is 0 Å². The Hall–Kier alpha value is -2.24. The fourth-order valence-electron chi connectivity index (χ4n) is 4.74. The summed E-state index contributed by atoms with van der Waals surface area (Å²) in [4.78, 5) is 28.6. The van der Waals surface area contributed by atoms with Gasteiger partial charge < -0.3 is 10.2 Å². The first-order chi connectivity index (χ1) is 15.9. The molecule has 33 heavy (non-hydrogen) atoms. The van der Waals surface area contributed by atoms with Crippen molar-refractivity contribution in [1.82, 2.24) is 10.2 Å². The number of hydrogen-bond donors (Lipinski definition) is 1. The quantitative estimate of drug-likeness (QED) is 0.548. The summed E-state index contributed by atoms with van der Waals surface area (Å²) in [6, 6.07) is 18.1. The minimum Gasteiger partial charge on any atom is -0.353 e. The Bertz CT molecular complexity index is 1030. The molecule has 2 aromatic carbocycles. The molecule has 1 aliphatic carbocycles. The fraction of sp³-hybridized carbons (Fsp3) is 0.407. The molecule has 0 spiro atoms. The number of carbonyl (C=O) groups is 2. The number of hydrogen-bond acceptors (Lipinski definition) is 3. The van der Waals surface area contributed by atoms with Crippen LogP contribution in [-0.2, 0) is 16.0 Å². The molecule has 4 nitrogen and oxygen atoms in total. The molecule has 1 heterocycles. The molecule has 2 amide bonds. The molecule has 174 valence electrons. The van der Waals surface area contributed by atoms with Crippen molar-refractivity contribution in [3.8, 4) is 0 Å². The molecule has 2 aromatic rings. The third-order valence-corrected chi connectivity index (χ3v) is 8.31. The van der Waals surface area contributed by atoms with E-state index in [0.29, 0.717) is 10.3 Å². The Morgan fingerprint density at radius 1 is 1.21 bits per heavy atom. The smallest absolute Gasteiger partial charge is 0.260 e. The lowest BCUT2D eigenvalue weighted by atomic mass is 9.83. The number of rotatable bonds is 6. The molecule has 1 N–H and O–H groups in total. The van der Waals surface area contributed by atoms with Crippen molar-refractivity contribution < 1.29 is 9.59 Å². The van der Waals surface area contributed by atoms with Crippen LogP contribution in [0.2, 0.25) is 5.02 Å². The Balaban J connectivity index is 1.34. The summed E-state index contributed by atoms with van der Waals surface area (Å²) in [5.74, 6) is 0.110. The van der Waals surface area contributed by atoms with E-state index in [4.69, 9.17) is 11.6 Å². The minimum atomic E-state index is -0.0419. The standard InChI is InChI=1S/C27H31ClN2O2S/c1-18(11-12-19-7-4-3-5-8-19)29-26(31)21-13-14-24-23(17-21)30(2)27(32)25(33-24)16-20-9-6-10-22(28)15-20/h3-10,15-16,18,21,23-24H,11-14,17H2,1-2H3,(H,29,31)/b25-16-. The van der Waals surface area contributed by atoms with E-state index < -0.39 is 0 Å². The molecule has 6 heteroatoms. The summed E-state index contributed by atoms with van der Waals surface area (Å²) in [5.41, 5.74) is 2.22. The van der Waals surface area contributed by atoms with Gasteiger partial charge in [-0.15, -0.1) is 11.8 Å². The molecule has 0 aromatic heterocycles. The maximum absolute atomic E-state index is 13.0. The van der Waals surface area contributed by atoms with E-state index in [9.17, 15) is 9.59 Å². The third kappa shape index (κ3) is 6.01. The molecule has 2 fully saturated rings. The van der Waals surface area contributed by atoms with Gasteiger partial charge in [-0.25, -0.2) is 0 Å². The number of amides is 2. The van der Waals surface area contributed by atoms with Crippen molar-refractivity contribution in [2.45, 2.75) is 56.4 Å². The SMILES string of the molecule is CC(CCc1ccccc1)NC(=O)C1CCC2S/C(=C\c3cccc(Cl)c3)C(=O)N(C)C2C1. The number of nitrogens with one attached hydrogen (secondary N) is 1. The zero-order valence-electron chi connectivity index (χ0n) is 19.2. The first kappa shape index (κ1) is 23.9. The lowest BCUT2D eigenvalue weighted by Crippen LogP contribution is -2.52. The second-order valence-corrected chi connectivity index (χ2v) is 10.9. The van der Waals surface area contributed by atoms with Gasteiger partial charge in [0.1, 0.15) is 0 Å². The van der Waals surface area contributed by atoms with Gasteiger partial charge in [-0.05, 0) is 68.4 Å². The first-order valence-electron chi connectivity index (χ1n) is 11.7. The number of halogens is 1. The zero-order valence-corrected chi connectivity index (χ0v) is 20.7. The third-order valence-electron chi connectivity index (χ3n) is 6.68. The molecular weight excluding hydrogens is 452 g/mol. The average Bonchev–Trinajstić information content (AvgIpc) is 2.81. The maximum atomic E-state index is 13.0. The van der Waals surface area contributed by atoms with Gasteiger partial charge in [0, 0.05) is 35.3 Å². The van der Waals surface area contributed by atoms with Crippen LogP contribution in [-0.4, -0.2) is 41.1 Å². The minimum absolute atomic E-state index is 0.0264. The van der Waals surface area contributed by atoms with Crippen molar-refractivity contribution >= 4 is 41.3 Å². The highest BCUT2D eigenvalue weighted by atomic mass is 35.5. The lowest BCUT2D eigenvalue weighted by Gasteiger charge is -2.44. The predicted octanol–water partition coefficient (Wildman–Crippen LogP) is 5.56. The Morgan fingerprint density at radius 3 is 2.76 bits per heavy atom. The maximum Gasteiger partial charge on any atom is 0.260 e. The van der Waals surface area contributed by atoms with E-state index in [-0.39, 0.29) is 29.8 Å². The Labute approximate surface area is 205 Å². The highest BCUT2D eigenvalue weighted by molar-refractivity contribution is 8.04. The van der Waals surface area contributed by atoms with E-state index in [1.807, 2.05) is 60.5 Å². The summed E-state index contributed by atoms with van der Waals surface area (Å²) < 4.78 is 0. The lowest BCUT2D eigenvalue weighted by molar-refractivity contribution is -0.132. The first-order valence-corrected chi connectivity index (χ1v) is 12.9. The van der Waals surface area contributed by atoms with Gasteiger partial charge in [-0.1, -0.05) is 54.1 Å². The van der Waals surface area contributed by atoms with Gasteiger partial charge in [0.25, 0.3) is 5.91 Å². The van der Waals surface area contributed by atoms with E-state index in [1.54, 1.807) is 11.8 Å². The van der Waals surface area contributed by atoms with Gasteiger partial charge in [-0.2, -0.15) is 0 Å². The molecule has 2 aliphatic rings. The van der Waals surface area contributed by atoms with E-state index in [0.717, 1.165) is 42.6 Å². The van der Waals surface area contributed by atoms with Crippen LogP contribution in [0.3, 0.4) is 0 Å². The van der Waals surface area contributed by atoms with Crippen molar-refractivity contribution in [3.05, 3.63) is 75.7 Å². The Kier molecular flexibility index (Phi) is 7.82. The summed E-state index contributed by atoms with van der Waals surface area (Å²) in [5, 5.41) is 4.19. The van der Waals surface area contributed by atoms with Crippen molar-refractivity contribution in [2.24, 2.45) is 5.92 Å². The van der Waals surface area contributed by atoms with E-state index in [1.165, 1.54) is 5.56 Å². The van der Waals surface area contributed by atoms with Gasteiger partial charge in [-0.3, -0.25) is 9.59 Å². The van der Waals surface area contributed by atoms with Crippen molar-refractivity contribution in [2.75, 3.05) is 7.05 Å². The molecule has 4 rings (SSSR count). The van der Waals surface area contributed by atoms with Crippen LogP contribution in [0.4, 0.5) is 0 Å². The monoisotopic (exact) mass is 482 g/mol. The normalized spacial score (nSPS) is 24.9. The van der Waals surface area contributed by atoms with Crippen LogP contribution in [0.1, 0.15) is 43.7 Å². The average molecular weight is 483 g/mol. The zero-order chi connectivity index (χ0) is 23.4. The highest BCUT2D eigenvalue weighted by Gasteiger charge is 2.42. The number of aryl methyl sites for hydroxylation is 1. The van der Waals surface area contributed by atoms with Crippen LogP contribution in [0.5, 0.6) is 0 Å². The number of nitrogens with zero attached hydrogens (tertiary/aromatic N) is 1. The van der Waals surface area contributed by atoms with Gasteiger partial charge in [0.15, 0.2) is 0 Å². The fourth-order valence-corrected chi connectivity index (χ4v) is 6.42. The summed E-state index contributed by atoms with van der Waals surface area (Å²) in [7, 11) is 1.87. The highest BCUT2D eigenvalue weighted by Crippen LogP contribution is 2.43. The number of thioether (sulfide) groups is 1. The molecule has 0 radical (unpaired) electrons. The van der Waals surface area contributed by atoms with E-state index >= 15 is 0 Å². The molecule has 1 saturated carbocycles. The summed E-state index contributed by atoms with van der Waals surface area (Å²) in [6.07, 6.45) is 6.31. The van der Waals surface area contributed by atoms with Crippen LogP contribution in [0, 0.1) is 5.92 Å². The second kappa shape index (κ2) is 10.8. The number of fused-ring (bicyclic) bond motifs is 1. The molecule has 1 aliphatic heterocycles. The summed E-state index contributed by atoms with van der Waals surface area (Å²) >= 11 is 7.76. The van der Waals surface area contributed by atoms with Gasteiger partial charge >= 0.3 is 0 Å². The van der Waals surface area contributed by atoms with Gasteiger partial charge in [0.05, 0.1) is 4.91 Å². The number of carbonyl (C=O) groups excluding carboxylic acids is 2. The number of likely N-dealkylation sites (N-methyl/N-ethyl adjacent to an activating group) is 1. The van der Waals surface area contributed by atoms with Crippen LogP contribution in [0.25, 0.3) is 6.08 Å². The molecule has 0 bridgehead atoms. The van der Waals surface area contributed by atoms with Crippen LogP contribution < -0.4 is 5.32 Å². The van der Waals surface area contributed by atoms with Gasteiger partial charge in [0.2, 0.25) is 5.91 Å². The van der Waals surface area contributed by atoms with Crippen LogP contribution in [0.15, 0.2) is 59.5 Å². The van der Waals surface area contributed by atoms with Crippen LogP contribution >= 0.6 is 23.4 Å². The largest absolute Gasteiger partial charge is 0.353 e. The van der Waals surface area contributed by atoms with Crippen molar-refractivity contribution in [3.63, 3.8) is 0 Å². The predicted molar refractivity (Wildman–Crippen MR) is 137 cm³/mol. The number of benzene rings is 2. The topological polar surface area (TPSA) is 49.4 Å². The molecule has 4 unspecified atom stereocenters. The molecule has 1 saturated heterocycles. The second-order valence-electron chi connectivity index (χ2n) is 9.15. The molecule has 4 atom stereocenters. The Morgan fingerprint density at radius 2 is 2.00 bits per heavy atom. The summed E-state index contributed by atoms with van der Waals surface area (Å²) in [6.45, 7) is 2.07. The molecular formula is C27H31ClN2O2S.